The van der Waals surface area contributed by atoms with Gasteiger partial charge in [-0.3, -0.25) is 4.79 Å². The van der Waals surface area contributed by atoms with Gasteiger partial charge >= 0.3 is 0 Å². The number of aromatic nitrogens is 2. The number of rotatable bonds is 8. The second-order valence-electron chi connectivity index (χ2n) is 8.15. The van der Waals surface area contributed by atoms with Gasteiger partial charge in [-0.1, -0.05) is 24.3 Å². The summed E-state index contributed by atoms with van der Waals surface area (Å²) in [6, 6.07) is 16.6. The molecule has 2 heterocycles. The van der Waals surface area contributed by atoms with E-state index in [2.05, 4.69) is 15.3 Å². The normalized spacial score (nSPS) is 15.1. The summed E-state index contributed by atoms with van der Waals surface area (Å²) in [5, 5.41) is 3.22. The molecule has 1 aliphatic rings. The predicted octanol–water partition coefficient (Wildman–Crippen LogP) is 2.92. The third-order valence-corrected chi connectivity index (χ3v) is 7.70. The number of methoxy groups -OCH3 is 1. The Morgan fingerprint density at radius 1 is 1.12 bits per heavy atom. The lowest BCUT2D eigenvalue weighted by Gasteiger charge is -2.29. The molecule has 178 valence electrons. The van der Waals surface area contributed by atoms with Gasteiger partial charge in [0.25, 0.3) is 0 Å². The van der Waals surface area contributed by atoms with E-state index in [0.717, 1.165) is 5.56 Å². The molecule has 0 spiro atoms. The summed E-state index contributed by atoms with van der Waals surface area (Å²) in [4.78, 5) is 20.0. The number of carbonyl (C=O) groups is 1. The second kappa shape index (κ2) is 10.2. The number of nitrogens with two attached hydrogens (primary N) is 1. The highest BCUT2D eigenvalue weighted by Crippen LogP contribution is 2.29. The first-order valence-electron chi connectivity index (χ1n) is 10.9. The summed E-state index contributed by atoms with van der Waals surface area (Å²) in [6.45, 7) is 0.612. The number of hydrogen-bond acceptors (Lipinski definition) is 7. The average molecular weight is 482 g/mol. The minimum Gasteiger partial charge on any atom is -0.496 e. The Labute approximate surface area is 199 Å². The molecule has 0 bridgehead atoms. The first kappa shape index (κ1) is 23.7. The summed E-state index contributed by atoms with van der Waals surface area (Å²) in [5.41, 5.74) is 8.26. The van der Waals surface area contributed by atoms with Crippen LogP contribution in [0.15, 0.2) is 60.9 Å². The fourth-order valence-corrected chi connectivity index (χ4v) is 5.59. The number of sulfonamides is 1. The monoisotopic (exact) mass is 481 g/mol. The highest BCUT2D eigenvalue weighted by Gasteiger charge is 2.30. The molecule has 0 aliphatic carbocycles. The molecular weight excluding hydrogens is 454 g/mol. The Morgan fingerprint density at radius 2 is 1.88 bits per heavy atom. The van der Waals surface area contributed by atoms with Crippen molar-refractivity contribution in [3.63, 3.8) is 0 Å². The van der Waals surface area contributed by atoms with Gasteiger partial charge in [0.2, 0.25) is 15.9 Å². The summed E-state index contributed by atoms with van der Waals surface area (Å²) in [5.74, 6) is 0.533. The van der Waals surface area contributed by atoms with Gasteiger partial charge in [0.05, 0.1) is 18.6 Å². The van der Waals surface area contributed by atoms with E-state index in [0.29, 0.717) is 54.4 Å². The number of carbonyl (C=O) groups excluding carboxylic acids is 1. The maximum atomic E-state index is 12.9. The Hall–Kier alpha value is -3.50. The number of nitrogens with one attached hydrogen (secondary N) is 1. The maximum absolute atomic E-state index is 12.9. The van der Waals surface area contributed by atoms with Crippen LogP contribution >= 0.6 is 0 Å². The van der Waals surface area contributed by atoms with Crippen LogP contribution in [0.25, 0.3) is 11.3 Å². The average Bonchev–Trinajstić information content (AvgIpc) is 2.84. The van der Waals surface area contributed by atoms with Gasteiger partial charge < -0.3 is 15.8 Å². The fraction of sp³-hybridized carbons (Fsp3) is 0.292. The summed E-state index contributed by atoms with van der Waals surface area (Å²) >= 11 is 0. The third kappa shape index (κ3) is 5.52. The number of anilines is 2. The lowest BCUT2D eigenvalue weighted by atomic mass is 9.98. The smallest absolute Gasteiger partial charge is 0.220 e. The molecule has 0 unspecified atom stereocenters. The molecule has 34 heavy (non-hydrogen) atoms. The van der Waals surface area contributed by atoms with E-state index in [1.807, 2.05) is 36.4 Å². The number of ether oxygens (including phenoxy) is 1. The number of primary amides is 1. The van der Waals surface area contributed by atoms with E-state index in [4.69, 9.17) is 10.5 Å². The molecule has 4 rings (SSSR count). The second-order valence-corrected chi connectivity index (χ2v) is 10.1. The van der Waals surface area contributed by atoms with Crippen molar-refractivity contribution in [1.82, 2.24) is 14.3 Å². The van der Waals surface area contributed by atoms with Gasteiger partial charge in [0.15, 0.2) is 0 Å². The molecule has 0 atom stereocenters. The van der Waals surface area contributed by atoms with Crippen LogP contribution in [-0.2, 0) is 20.6 Å². The number of benzene rings is 2. The highest BCUT2D eigenvalue weighted by molar-refractivity contribution is 7.88. The molecule has 9 nitrogen and oxygen atoms in total. The Morgan fingerprint density at radius 3 is 2.62 bits per heavy atom. The van der Waals surface area contributed by atoms with Gasteiger partial charge in [-0.15, -0.1) is 0 Å². The molecule has 1 aliphatic heterocycles. The Kier molecular flexibility index (Phi) is 7.09. The topological polar surface area (TPSA) is 128 Å². The molecule has 1 amide bonds. The van der Waals surface area contributed by atoms with Gasteiger partial charge in [-0.25, -0.2) is 22.7 Å². The molecule has 3 N–H and O–H groups in total. The van der Waals surface area contributed by atoms with Crippen molar-refractivity contribution in [1.29, 1.82) is 0 Å². The van der Waals surface area contributed by atoms with E-state index in [1.165, 1.54) is 10.6 Å². The van der Waals surface area contributed by atoms with E-state index in [9.17, 15) is 13.2 Å². The van der Waals surface area contributed by atoms with Crippen molar-refractivity contribution in [2.75, 3.05) is 25.5 Å². The number of amides is 1. The van der Waals surface area contributed by atoms with E-state index in [1.54, 1.807) is 25.3 Å². The van der Waals surface area contributed by atoms with Crippen LogP contribution in [-0.4, -0.2) is 48.8 Å². The highest BCUT2D eigenvalue weighted by atomic mass is 32.2. The van der Waals surface area contributed by atoms with Crippen molar-refractivity contribution in [3.8, 4) is 17.0 Å². The van der Waals surface area contributed by atoms with Crippen molar-refractivity contribution < 1.29 is 17.9 Å². The molecule has 1 fully saturated rings. The summed E-state index contributed by atoms with van der Waals surface area (Å²) in [6.07, 6.45) is 2.38. The number of nitrogens with zero attached hydrogens (tertiary/aromatic N) is 3. The third-order valence-electron chi connectivity index (χ3n) is 5.85. The minimum absolute atomic E-state index is 0.125. The van der Waals surface area contributed by atoms with Crippen LogP contribution in [0.4, 0.5) is 11.5 Å². The standard InChI is InChI=1S/C24H27N5O4S/c1-33-22-8-3-2-7-20(22)21-14-23(27-16-26-21)28-19-6-4-5-17(13-19)15-34(31,32)29-11-9-18(10-12-29)24(25)30/h2-8,13-14,16,18H,9-12,15H2,1H3,(H2,25,30)(H,26,27,28). The predicted molar refractivity (Wildman–Crippen MR) is 130 cm³/mol. The minimum atomic E-state index is -3.51. The molecule has 0 radical (unpaired) electrons. The quantitative estimate of drug-likeness (QED) is 0.506. The van der Waals surface area contributed by atoms with Crippen molar-refractivity contribution in [3.05, 3.63) is 66.5 Å². The van der Waals surface area contributed by atoms with Crippen LogP contribution in [0.5, 0.6) is 5.75 Å². The number of piperidine rings is 1. The van der Waals surface area contributed by atoms with Gasteiger partial charge in [0.1, 0.15) is 17.9 Å². The lowest BCUT2D eigenvalue weighted by Crippen LogP contribution is -2.42. The van der Waals surface area contributed by atoms with Crippen molar-refractivity contribution in [2.24, 2.45) is 11.7 Å². The molecule has 10 heteroatoms. The van der Waals surface area contributed by atoms with Crippen LogP contribution in [0.1, 0.15) is 18.4 Å². The molecule has 2 aromatic carbocycles. The molecule has 3 aromatic rings. The first-order valence-corrected chi connectivity index (χ1v) is 12.5. The summed E-state index contributed by atoms with van der Waals surface area (Å²) in [7, 11) is -1.90. The van der Waals surface area contributed by atoms with E-state index in [-0.39, 0.29) is 17.6 Å². The van der Waals surface area contributed by atoms with E-state index >= 15 is 0 Å². The van der Waals surface area contributed by atoms with Crippen LogP contribution in [0.2, 0.25) is 0 Å². The zero-order valence-corrected chi connectivity index (χ0v) is 19.7. The largest absolute Gasteiger partial charge is 0.496 e. The van der Waals surface area contributed by atoms with Crippen molar-refractivity contribution >= 4 is 27.4 Å². The van der Waals surface area contributed by atoms with Gasteiger partial charge in [-0.05, 0) is 42.7 Å². The Bertz CT molecular complexity index is 1270. The number of para-hydroxylation sites is 1. The zero-order valence-electron chi connectivity index (χ0n) is 18.8. The van der Waals surface area contributed by atoms with Crippen LogP contribution in [0, 0.1) is 5.92 Å². The zero-order chi connectivity index (χ0) is 24.1. The van der Waals surface area contributed by atoms with E-state index < -0.39 is 10.0 Å². The lowest BCUT2D eigenvalue weighted by molar-refractivity contribution is -0.122. The molecule has 1 saturated heterocycles. The Balaban J connectivity index is 1.47. The van der Waals surface area contributed by atoms with Crippen molar-refractivity contribution in [2.45, 2.75) is 18.6 Å². The van der Waals surface area contributed by atoms with Gasteiger partial charge in [0, 0.05) is 36.3 Å². The first-order chi connectivity index (χ1) is 16.4. The number of hydrogen-bond donors (Lipinski definition) is 2. The van der Waals surface area contributed by atoms with Gasteiger partial charge in [-0.2, -0.15) is 0 Å². The maximum Gasteiger partial charge on any atom is 0.220 e. The molecule has 0 saturated carbocycles. The SMILES string of the molecule is COc1ccccc1-c1cc(Nc2cccc(CS(=O)(=O)N3CCC(C(N)=O)CC3)c2)ncn1. The molecular formula is C24H27N5O4S. The van der Waals surface area contributed by atoms with Crippen LogP contribution < -0.4 is 15.8 Å². The fourth-order valence-electron chi connectivity index (χ4n) is 4.04. The summed E-state index contributed by atoms with van der Waals surface area (Å²) < 4.78 is 32.7. The van der Waals surface area contributed by atoms with Crippen LogP contribution in [0.3, 0.4) is 0 Å². The molecule has 1 aromatic heterocycles.